The molecule has 128 valence electrons. The van der Waals surface area contributed by atoms with Gasteiger partial charge in [-0.15, -0.1) is 0 Å². The third-order valence-corrected chi connectivity index (χ3v) is 4.58. The second-order valence-electron chi connectivity index (χ2n) is 6.52. The highest BCUT2D eigenvalue weighted by molar-refractivity contribution is 5.97. The minimum Gasteiger partial charge on any atom is -0.481 e. The molecule has 24 heavy (non-hydrogen) atoms. The van der Waals surface area contributed by atoms with Crippen molar-refractivity contribution in [2.45, 2.75) is 13.3 Å². The van der Waals surface area contributed by atoms with Crippen LogP contribution in [0.5, 0.6) is 0 Å². The SMILES string of the molecule is CC1CC(C(=O)O)CN(C(=O)c2ccc(N3CCNC3=O)cc2)C1. The van der Waals surface area contributed by atoms with Crippen molar-refractivity contribution in [3.05, 3.63) is 29.8 Å². The Morgan fingerprint density at radius 2 is 1.92 bits per heavy atom. The first-order valence-electron chi connectivity index (χ1n) is 8.13. The molecule has 3 amide bonds. The summed E-state index contributed by atoms with van der Waals surface area (Å²) in [7, 11) is 0. The smallest absolute Gasteiger partial charge is 0.321 e. The third kappa shape index (κ3) is 3.20. The number of carboxylic acid groups (broad SMARTS) is 1. The molecule has 0 aromatic heterocycles. The standard InChI is InChI=1S/C17H21N3O4/c1-11-8-13(16(22)23)10-19(9-11)15(21)12-2-4-14(5-3-12)20-7-6-18-17(20)24/h2-5,11,13H,6-10H2,1H3,(H,18,24)(H,22,23). The van der Waals surface area contributed by atoms with E-state index >= 15 is 0 Å². The van der Waals surface area contributed by atoms with Gasteiger partial charge < -0.3 is 15.3 Å². The Balaban J connectivity index is 1.72. The van der Waals surface area contributed by atoms with Gasteiger partial charge in [0.2, 0.25) is 0 Å². The van der Waals surface area contributed by atoms with E-state index < -0.39 is 11.9 Å². The summed E-state index contributed by atoms with van der Waals surface area (Å²) in [5, 5.41) is 12.0. The molecule has 2 heterocycles. The molecule has 2 aliphatic rings. The van der Waals surface area contributed by atoms with Gasteiger partial charge in [0, 0.05) is 37.4 Å². The van der Waals surface area contributed by atoms with E-state index in [1.807, 2.05) is 6.92 Å². The summed E-state index contributed by atoms with van der Waals surface area (Å²) in [6, 6.07) is 6.75. The summed E-state index contributed by atoms with van der Waals surface area (Å²) in [4.78, 5) is 38.8. The number of aliphatic carboxylic acids is 1. The van der Waals surface area contributed by atoms with Crippen LogP contribution >= 0.6 is 0 Å². The number of carboxylic acids is 1. The molecule has 0 saturated carbocycles. The number of amides is 3. The van der Waals surface area contributed by atoms with Crippen LogP contribution in [0.1, 0.15) is 23.7 Å². The van der Waals surface area contributed by atoms with Crippen molar-refractivity contribution in [1.82, 2.24) is 10.2 Å². The van der Waals surface area contributed by atoms with E-state index in [0.29, 0.717) is 31.6 Å². The summed E-state index contributed by atoms with van der Waals surface area (Å²) in [6.45, 7) is 4.00. The highest BCUT2D eigenvalue weighted by Crippen LogP contribution is 2.24. The first-order valence-corrected chi connectivity index (χ1v) is 8.13. The normalized spacial score (nSPS) is 24.0. The van der Waals surface area contributed by atoms with E-state index in [1.54, 1.807) is 34.1 Å². The second-order valence-corrected chi connectivity index (χ2v) is 6.52. The zero-order valence-corrected chi connectivity index (χ0v) is 13.6. The van der Waals surface area contributed by atoms with Crippen LogP contribution in [-0.4, -0.2) is 54.1 Å². The van der Waals surface area contributed by atoms with Crippen LogP contribution in [-0.2, 0) is 4.79 Å². The molecule has 0 spiro atoms. The maximum absolute atomic E-state index is 12.7. The molecular formula is C17H21N3O4. The fourth-order valence-corrected chi connectivity index (χ4v) is 3.38. The van der Waals surface area contributed by atoms with Crippen LogP contribution in [0.4, 0.5) is 10.5 Å². The van der Waals surface area contributed by atoms with Gasteiger partial charge in [-0.3, -0.25) is 14.5 Å². The minimum atomic E-state index is -0.852. The van der Waals surface area contributed by atoms with Crippen molar-refractivity contribution in [3.63, 3.8) is 0 Å². The van der Waals surface area contributed by atoms with Gasteiger partial charge in [-0.2, -0.15) is 0 Å². The van der Waals surface area contributed by atoms with Gasteiger partial charge in [-0.25, -0.2) is 4.79 Å². The van der Waals surface area contributed by atoms with E-state index in [0.717, 1.165) is 5.69 Å². The Bertz CT molecular complexity index is 658. The number of carbonyl (C=O) groups excluding carboxylic acids is 2. The molecule has 1 aromatic rings. The molecule has 7 nitrogen and oxygen atoms in total. The number of anilines is 1. The molecule has 2 atom stereocenters. The summed E-state index contributed by atoms with van der Waals surface area (Å²) in [5.41, 5.74) is 1.26. The Kier molecular flexibility index (Phi) is 4.42. The molecule has 2 N–H and O–H groups in total. The van der Waals surface area contributed by atoms with E-state index in [9.17, 15) is 19.5 Å². The van der Waals surface area contributed by atoms with Crippen molar-refractivity contribution < 1.29 is 19.5 Å². The number of urea groups is 1. The van der Waals surface area contributed by atoms with E-state index in [4.69, 9.17) is 0 Å². The number of piperidine rings is 1. The Morgan fingerprint density at radius 1 is 1.21 bits per heavy atom. The summed E-state index contributed by atoms with van der Waals surface area (Å²) >= 11 is 0. The lowest BCUT2D eigenvalue weighted by molar-refractivity contribution is -0.143. The minimum absolute atomic E-state index is 0.136. The van der Waals surface area contributed by atoms with Gasteiger partial charge in [0.15, 0.2) is 0 Å². The highest BCUT2D eigenvalue weighted by Gasteiger charge is 2.32. The number of carbonyl (C=O) groups is 3. The number of likely N-dealkylation sites (tertiary alicyclic amines) is 1. The van der Waals surface area contributed by atoms with Gasteiger partial charge in [0.25, 0.3) is 5.91 Å². The lowest BCUT2D eigenvalue weighted by Crippen LogP contribution is -2.45. The van der Waals surface area contributed by atoms with Gasteiger partial charge in [-0.05, 0) is 36.6 Å². The van der Waals surface area contributed by atoms with Crippen LogP contribution < -0.4 is 10.2 Å². The topological polar surface area (TPSA) is 89.9 Å². The molecule has 0 aliphatic carbocycles. The monoisotopic (exact) mass is 331 g/mol. The van der Waals surface area contributed by atoms with Crippen LogP contribution in [0.3, 0.4) is 0 Å². The molecule has 0 bridgehead atoms. The first kappa shape index (κ1) is 16.3. The Hall–Kier alpha value is -2.57. The molecule has 2 fully saturated rings. The second kappa shape index (κ2) is 6.51. The molecule has 0 radical (unpaired) electrons. The molecule has 2 aliphatic heterocycles. The van der Waals surface area contributed by atoms with E-state index in [1.165, 1.54) is 0 Å². The van der Waals surface area contributed by atoms with Crippen molar-refractivity contribution in [3.8, 4) is 0 Å². The largest absolute Gasteiger partial charge is 0.481 e. The number of nitrogens with one attached hydrogen (secondary N) is 1. The number of rotatable bonds is 3. The molecule has 2 saturated heterocycles. The average molecular weight is 331 g/mol. The van der Waals surface area contributed by atoms with Gasteiger partial charge in [-0.1, -0.05) is 6.92 Å². The fraction of sp³-hybridized carbons (Fsp3) is 0.471. The third-order valence-electron chi connectivity index (χ3n) is 4.58. The maximum atomic E-state index is 12.7. The van der Waals surface area contributed by atoms with Crippen molar-refractivity contribution in [1.29, 1.82) is 0 Å². The maximum Gasteiger partial charge on any atom is 0.321 e. The van der Waals surface area contributed by atoms with Crippen molar-refractivity contribution in [2.24, 2.45) is 11.8 Å². The van der Waals surface area contributed by atoms with Crippen molar-refractivity contribution >= 4 is 23.6 Å². The average Bonchev–Trinajstić information content (AvgIpc) is 2.99. The van der Waals surface area contributed by atoms with E-state index in [2.05, 4.69) is 5.32 Å². The highest BCUT2D eigenvalue weighted by atomic mass is 16.4. The molecule has 1 aromatic carbocycles. The predicted molar refractivity (Wildman–Crippen MR) is 88.0 cm³/mol. The summed E-state index contributed by atoms with van der Waals surface area (Å²) in [6.07, 6.45) is 0.599. The molecular weight excluding hydrogens is 310 g/mol. The summed E-state index contributed by atoms with van der Waals surface area (Å²) in [5.74, 6) is -1.36. The number of benzene rings is 1. The first-order chi connectivity index (χ1) is 11.5. The zero-order chi connectivity index (χ0) is 17.3. The van der Waals surface area contributed by atoms with E-state index in [-0.39, 0.29) is 24.4 Å². The van der Waals surface area contributed by atoms with Crippen LogP contribution in [0, 0.1) is 11.8 Å². The predicted octanol–water partition coefficient (Wildman–Crippen LogP) is 1.40. The van der Waals surface area contributed by atoms with Gasteiger partial charge in [0.05, 0.1) is 5.92 Å². The van der Waals surface area contributed by atoms with Gasteiger partial charge >= 0.3 is 12.0 Å². The zero-order valence-electron chi connectivity index (χ0n) is 13.6. The number of nitrogens with zero attached hydrogens (tertiary/aromatic N) is 2. The lowest BCUT2D eigenvalue weighted by atomic mass is 9.90. The van der Waals surface area contributed by atoms with Crippen LogP contribution in [0.25, 0.3) is 0 Å². The Labute approximate surface area is 140 Å². The Morgan fingerprint density at radius 3 is 2.50 bits per heavy atom. The van der Waals surface area contributed by atoms with Crippen LogP contribution in [0.2, 0.25) is 0 Å². The van der Waals surface area contributed by atoms with Crippen LogP contribution in [0.15, 0.2) is 24.3 Å². The summed E-state index contributed by atoms with van der Waals surface area (Å²) < 4.78 is 0. The quantitative estimate of drug-likeness (QED) is 0.876. The molecule has 7 heteroatoms. The van der Waals surface area contributed by atoms with Gasteiger partial charge in [0.1, 0.15) is 0 Å². The lowest BCUT2D eigenvalue weighted by Gasteiger charge is -2.34. The fourth-order valence-electron chi connectivity index (χ4n) is 3.38. The number of hydrogen-bond acceptors (Lipinski definition) is 3. The number of hydrogen-bond donors (Lipinski definition) is 2. The van der Waals surface area contributed by atoms with Crippen molar-refractivity contribution in [2.75, 3.05) is 31.1 Å². The molecule has 3 rings (SSSR count). The molecule has 2 unspecified atom stereocenters.